The highest BCUT2D eigenvalue weighted by Gasteiger charge is 2.46. The molecule has 1 saturated heterocycles. The van der Waals surface area contributed by atoms with Gasteiger partial charge in [0.1, 0.15) is 23.0 Å². The third-order valence-corrected chi connectivity index (χ3v) is 6.50. The molecule has 9 heteroatoms. The average molecular weight is 520 g/mol. The van der Waals surface area contributed by atoms with Gasteiger partial charge >= 0.3 is 0 Å². The second kappa shape index (κ2) is 11.2. The summed E-state index contributed by atoms with van der Waals surface area (Å²) in [6.45, 7) is 0.183. The molecule has 1 unspecified atom stereocenters. The number of ether oxygens (including phenoxy) is 4. The van der Waals surface area contributed by atoms with Crippen LogP contribution in [0.4, 0.5) is 0 Å². The van der Waals surface area contributed by atoms with E-state index in [0.717, 1.165) is 5.56 Å². The van der Waals surface area contributed by atoms with Gasteiger partial charge in [-0.1, -0.05) is 18.2 Å². The van der Waals surface area contributed by atoms with E-state index in [1.807, 2.05) is 12.1 Å². The van der Waals surface area contributed by atoms with E-state index in [9.17, 15) is 19.8 Å². The standard InChI is InChI=1S/C29H29NO8/c1-35-20-10-11-21(23(16-20)37-3)27(32)25-26(18-6-8-19(31)9-7-18)30(29(34)28(25)33)14-13-17-5-12-22(36-2)24(15-17)38-4/h5-12,15-16,26,31-32H,13-14H2,1-4H3/b27-25-. The Morgan fingerprint density at radius 2 is 1.50 bits per heavy atom. The van der Waals surface area contributed by atoms with Crippen molar-refractivity contribution in [1.82, 2.24) is 4.90 Å². The minimum absolute atomic E-state index is 0.0350. The summed E-state index contributed by atoms with van der Waals surface area (Å²) in [6, 6.07) is 15.5. The number of rotatable bonds is 9. The van der Waals surface area contributed by atoms with Crippen molar-refractivity contribution in [2.45, 2.75) is 12.5 Å². The average Bonchev–Trinajstić information content (AvgIpc) is 3.20. The van der Waals surface area contributed by atoms with Crippen LogP contribution in [-0.4, -0.2) is 61.8 Å². The predicted molar refractivity (Wildman–Crippen MR) is 140 cm³/mol. The smallest absolute Gasteiger partial charge is 0.295 e. The van der Waals surface area contributed by atoms with Crippen molar-refractivity contribution in [1.29, 1.82) is 0 Å². The van der Waals surface area contributed by atoms with Gasteiger partial charge in [-0.15, -0.1) is 0 Å². The minimum atomic E-state index is -0.887. The Balaban J connectivity index is 1.78. The third-order valence-electron chi connectivity index (χ3n) is 6.50. The molecule has 3 aromatic carbocycles. The fourth-order valence-electron chi connectivity index (χ4n) is 4.54. The highest BCUT2D eigenvalue weighted by atomic mass is 16.5. The molecule has 1 amide bonds. The highest BCUT2D eigenvalue weighted by Crippen LogP contribution is 2.42. The Morgan fingerprint density at radius 1 is 0.816 bits per heavy atom. The van der Waals surface area contributed by atoms with E-state index in [-0.39, 0.29) is 34.9 Å². The fourth-order valence-corrected chi connectivity index (χ4v) is 4.54. The molecule has 0 aliphatic carbocycles. The number of Topliss-reactive ketones (excluding diaryl/α,β-unsaturated/α-hetero) is 1. The van der Waals surface area contributed by atoms with Gasteiger partial charge in [0.15, 0.2) is 11.5 Å². The first kappa shape index (κ1) is 26.4. The van der Waals surface area contributed by atoms with Crippen molar-refractivity contribution < 1.29 is 38.7 Å². The number of carbonyl (C=O) groups is 2. The molecule has 0 aromatic heterocycles. The molecule has 0 radical (unpaired) electrons. The zero-order valence-corrected chi connectivity index (χ0v) is 21.6. The van der Waals surface area contributed by atoms with Gasteiger partial charge in [-0.2, -0.15) is 0 Å². The van der Waals surface area contributed by atoms with E-state index >= 15 is 0 Å². The summed E-state index contributed by atoms with van der Waals surface area (Å²) in [7, 11) is 6.03. The molecule has 1 aliphatic rings. The Hall–Kier alpha value is -4.66. The fraction of sp³-hybridized carbons (Fsp3) is 0.241. The monoisotopic (exact) mass is 519 g/mol. The van der Waals surface area contributed by atoms with Crippen LogP contribution in [0.5, 0.6) is 28.7 Å². The molecule has 1 fully saturated rings. The van der Waals surface area contributed by atoms with E-state index in [1.165, 1.54) is 31.3 Å². The van der Waals surface area contributed by atoms with Crippen LogP contribution in [0.2, 0.25) is 0 Å². The van der Waals surface area contributed by atoms with E-state index in [1.54, 1.807) is 50.6 Å². The third kappa shape index (κ3) is 4.95. The summed E-state index contributed by atoms with van der Waals surface area (Å²) < 4.78 is 21.3. The predicted octanol–water partition coefficient (Wildman–Crippen LogP) is 4.09. The summed E-state index contributed by atoms with van der Waals surface area (Å²) >= 11 is 0. The molecule has 1 heterocycles. The highest BCUT2D eigenvalue weighted by molar-refractivity contribution is 6.46. The second-order valence-corrected chi connectivity index (χ2v) is 8.59. The first-order valence-electron chi connectivity index (χ1n) is 11.8. The van der Waals surface area contributed by atoms with Crippen molar-refractivity contribution in [3.63, 3.8) is 0 Å². The number of aromatic hydroxyl groups is 1. The molecule has 2 N–H and O–H groups in total. The normalized spacial score (nSPS) is 16.4. The number of phenolic OH excluding ortho intramolecular Hbond substituents is 1. The first-order chi connectivity index (χ1) is 18.3. The van der Waals surface area contributed by atoms with Crippen LogP contribution in [0.25, 0.3) is 5.76 Å². The SMILES string of the molecule is COc1ccc(/C(O)=C2/C(=O)C(=O)N(CCc3ccc(OC)c(OC)c3)C2c2ccc(O)cc2)c(OC)c1. The molecule has 1 atom stereocenters. The Morgan fingerprint density at radius 3 is 2.13 bits per heavy atom. The van der Waals surface area contributed by atoms with Crippen LogP contribution in [0.1, 0.15) is 22.7 Å². The van der Waals surface area contributed by atoms with Crippen LogP contribution in [0, 0.1) is 0 Å². The topological polar surface area (TPSA) is 115 Å². The lowest BCUT2D eigenvalue weighted by Crippen LogP contribution is -2.31. The molecule has 4 rings (SSSR count). The summed E-state index contributed by atoms with van der Waals surface area (Å²) in [5.41, 5.74) is 1.60. The lowest BCUT2D eigenvalue weighted by Gasteiger charge is -2.25. The van der Waals surface area contributed by atoms with E-state index < -0.39 is 17.7 Å². The summed E-state index contributed by atoms with van der Waals surface area (Å²) in [5, 5.41) is 21.2. The molecule has 38 heavy (non-hydrogen) atoms. The summed E-state index contributed by atoms with van der Waals surface area (Å²) in [4.78, 5) is 28.0. The molecule has 0 saturated carbocycles. The Kier molecular flexibility index (Phi) is 7.76. The molecule has 0 bridgehead atoms. The Labute approximate surface area is 220 Å². The van der Waals surface area contributed by atoms with Crippen molar-refractivity contribution >= 4 is 17.4 Å². The van der Waals surface area contributed by atoms with Crippen molar-refractivity contribution in [3.8, 4) is 28.7 Å². The van der Waals surface area contributed by atoms with Crippen LogP contribution in [-0.2, 0) is 16.0 Å². The number of amides is 1. The van der Waals surface area contributed by atoms with Gasteiger partial charge in [-0.25, -0.2) is 0 Å². The van der Waals surface area contributed by atoms with E-state index in [4.69, 9.17) is 18.9 Å². The van der Waals surface area contributed by atoms with Gasteiger partial charge in [-0.05, 0) is 53.9 Å². The molecular weight excluding hydrogens is 490 g/mol. The largest absolute Gasteiger partial charge is 0.508 e. The van der Waals surface area contributed by atoms with Crippen LogP contribution >= 0.6 is 0 Å². The number of carbonyl (C=O) groups excluding carboxylic acids is 2. The summed E-state index contributed by atoms with van der Waals surface area (Å²) in [5.74, 6) is 0.0281. The zero-order valence-electron chi connectivity index (χ0n) is 21.6. The van der Waals surface area contributed by atoms with Crippen molar-refractivity contribution in [2.24, 2.45) is 0 Å². The number of nitrogens with zero attached hydrogens (tertiary/aromatic N) is 1. The number of hydrogen-bond donors (Lipinski definition) is 2. The molecule has 0 spiro atoms. The van der Waals surface area contributed by atoms with Crippen molar-refractivity contribution in [2.75, 3.05) is 35.0 Å². The molecule has 1 aliphatic heterocycles. The number of methoxy groups -OCH3 is 4. The lowest BCUT2D eigenvalue weighted by atomic mass is 9.94. The van der Waals surface area contributed by atoms with Crippen molar-refractivity contribution in [3.05, 3.63) is 82.9 Å². The lowest BCUT2D eigenvalue weighted by molar-refractivity contribution is -0.139. The number of ketones is 1. The number of aliphatic hydroxyl groups excluding tert-OH is 1. The van der Waals surface area contributed by atoms with Gasteiger partial charge in [0.25, 0.3) is 11.7 Å². The van der Waals surface area contributed by atoms with E-state index in [2.05, 4.69) is 0 Å². The second-order valence-electron chi connectivity index (χ2n) is 8.59. The van der Waals surface area contributed by atoms with Gasteiger partial charge in [-0.3, -0.25) is 9.59 Å². The molecule has 198 valence electrons. The zero-order chi connectivity index (χ0) is 27.4. The van der Waals surface area contributed by atoms with Crippen LogP contribution in [0.15, 0.2) is 66.2 Å². The van der Waals surface area contributed by atoms with Gasteiger partial charge in [0, 0.05) is 12.6 Å². The van der Waals surface area contributed by atoms with E-state index in [0.29, 0.717) is 29.2 Å². The first-order valence-corrected chi connectivity index (χ1v) is 11.8. The number of hydrogen-bond acceptors (Lipinski definition) is 8. The molecular formula is C29H29NO8. The van der Waals surface area contributed by atoms with Gasteiger partial charge in [0.05, 0.1) is 45.6 Å². The van der Waals surface area contributed by atoms with Crippen LogP contribution in [0.3, 0.4) is 0 Å². The maximum Gasteiger partial charge on any atom is 0.295 e. The van der Waals surface area contributed by atoms with Crippen LogP contribution < -0.4 is 18.9 Å². The number of aliphatic hydroxyl groups is 1. The maximum atomic E-state index is 13.3. The van der Waals surface area contributed by atoms with Gasteiger partial charge < -0.3 is 34.1 Å². The quantitative estimate of drug-likeness (QED) is 0.247. The number of phenols is 1. The number of likely N-dealkylation sites (tertiary alicyclic amines) is 1. The maximum absolute atomic E-state index is 13.3. The number of benzene rings is 3. The summed E-state index contributed by atoms with van der Waals surface area (Å²) in [6.07, 6.45) is 0.411. The van der Waals surface area contributed by atoms with Gasteiger partial charge in [0.2, 0.25) is 0 Å². The Bertz CT molecular complexity index is 1380. The molecule has 9 nitrogen and oxygen atoms in total. The minimum Gasteiger partial charge on any atom is -0.508 e. The molecule has 3 aromatic rings.